The predicted octanol–water partition coefficient (Wildman–Crippen LogP) is 15.9. The molecule has 5 nitrogen and oxygen atoms in total. The number of hydrogen-bond donors (Lipinski definition) is 0. The molecule has 7 aromatic carbocycles. The van der Waals surface area contributed by atoms with Gasteiger partial charge in [-0.05, 0) is 98.5 Å². The minimum absolute atomic E-state index is 0. The van der Waals surface area contributed by atoms with Gasteiger partial charge in [-0.3, -0.25) is 0 Å². The maximum Gasteiger partial charge on any atom is 0.135 e. The fourth-order valence-corrected chi connectivity index (χ4v) is 9.01. The number of fused-ring (bicyclic) bond motifs is 4. The van der Waals surface area contributed by atoms with E-state index < -0.39 is 0 Å². The molecular formula is C58H51N4OPt-3. The zero-order chi connectivity index (χ0) is 43.4. The second-order valence-corrected chi connectivity index (χ2v) is 18.2. The van der Waals surface area contributed by atoms with Crippen LogP contribution in [-0.4, -0.2) is 9.55 Å². The van der Waals surface area contributed by atoms with Crippen molar-refractivity contribution in [2.24, 2.45) is 0 Å². The molecule has 0 saturated carbocycles. The largest absolute Gasteiger partial charge is 0.509 e. The van der Waals surface area contributed by atoms with Gasteiger partial charge in [0.2, 0.25) is 0 Å². The summed E-state index contributed by atoms with van der Waals surface area (Å²) in [7, 11) is 0. The van der Waals surface area contributed by atoms with E-state index in [2.05, 4.69) is 227 Å². The van der Waals surface area contributed by atoms with Crippen LogP contribution in [0.25, 0.3) is 49.9 Å². The average Bonchev–Trinajstić information content (AvgIpc) is 3.85. The number of anilines is 4. The van der Waals surface area contributed by atoms with Crippen molar-refractivity contribution in [1.82, 2.24) is 9.55 Å². The van der Waals surface area contributed by atoms with Crippen molar-refractivity contribution in [3.63, 3.8) is 0 Å². The third-order valence-electron chi connectivity index (χ3n) is 12.2. The van der Waals surface area contributed by atoms with Crippen LogP contribution in [0, 0.1) is 18.8 Å². The first-order chi connectivity index (χ1) is 30.5. The molecule has 1 aliphatic heterocycles. The van der Waals surface area contributed by atoms with Gasteiger partial charge in [0.1, 0.15) is 5.82 Å². The predicted molar refractivity (Wildman–Crippen MR) is 262 cm³/mol. The van der Waals surface area contributed by atoms with Gasteiger partial charge >= 0.3 is 0 Å². The summed E-state index contributed by atoms with van der Waals surface area (Å²) in [4.78, 5) is 9.40. The number of benzene rings is 7. The van der Waals surface area contributed by atoms with E-state index in [1.165, 1.54) is 27.8 Å². The Morgan fingerprint density at radius 3 is 1.98 bits per heavy atom. The maximum atomic E-state index is 6.84. The summed E-state index contributed by atoms with van der Waals surface area (Å²) in [6.07, 6.45) is 1.91. The first-order valence-corrected chi connectivity index (χ1v) is 22.0. The fraction of sp³-hybridized carbons (Fsp3) is 0.172. The Labute approximate surface area is 392 Å². The average molecular weight is 1020 g/mol. The van der Waals surface area contributed by atoms with E-state index in [4.69, 9.17) is 9.72 Å². The first kappa shape index (κ1) is 42.9. The molecule has 0 bridgehead atoms. The molecule has 64 heavy (non-hydrogen) atoms. The van der Waals surface area contributed by atoms with Gasteiger partial charge in [0.25, 0.3) is 0 Å². The summed E-state index contributed by atoms with van der Waals surface area (Å²) in [6.45, 7) is 18.0. The van der Waals surface area contributed by atoms with E-state index in [0.29, 0.717) is 23.3 Å². The van der Waals surface area contributed by atoms with Gasteiger partial charge in [0, 0.05) is 61.3 Å². The third kappa shape index (κ3) is 7.92. The van der Waals surface area contributed by atoms with Gasteiger partial charge in [0.15, 0.2) is 0 Å². The number of ether oxygens (including phenoxy) is 1. The normalized spacial score (nSPS) is 12.6. The molecule has 0 atom stereocenters. The van der Waals surface area contributed by atoms with Crippen molar-refractivity contribution in [1.29, 1.82) is 0 Å². The smallest absolute Gasteiger partial charge is 0.135 e. The van der Waals surface area contributed by atoms with Crippen LogP contribution in [0.5, 0.6) is 11.5 Å². The molecule has 322 valence electrons. The van der Waals surface area contributed by atoms with E-state index >= 15 is 0 Å². The van der Waals surface area contributed by atoms with E-state index in [1.54, 1.807) is 0 Å². The van der Waals surface area contributed by atoms with E-state index in [-0.39, 0.29) is 26.5 Å². The standard InChI is InChI=1S/C58H51N4O.Pt/c1-38(2)48-22-16-23-49(39(3)4)57(48)41-19-15-20-44(31-41)60-37-61(54-26-14-13-25-53(54)60)45-32-42(40-17-9-8-10-18-40)33-47(35-45)63-46-27-28-51-50-21-11-12-24-52(50)62(55(51)36-46)56-34-43(29-30-59-56)58(5,6)7;/h8-34,37-39H,1-7H3;/q-3;. The Kier molecular flexibility index (Phi) is 11.6. The van der Waals surface area contributed by atoms with Crippen LogP contribution in [0.1, 0.15) is 77.0 Å². The van der Waals surface area contributed by atoms with Crippen molar-refractivity contribution < 1.29 is 25.8 Å². The van der Waals surface area contributed by atoms with Crippen LogP contribution in [0.15, 0.2) is 164 Å². The molecule has 1 aliphatic rings. The topological polar surface area (TPSA) is 33.5 Å². The summed E-state index contributed by atoms with van der Waals surface area (Å²) in [6, 6.07) is 63.3. The maximum absolute atomic E-state index is 6.84. The Hall–Kier alpha value is -6.42. The quantitative estimate of drug-likeness (QED) is 0.135. The Balaban J connectivity index is 0.00000518. The molecule has 6 heteroatoms. The summed E-state index contributed by atoms with van der Waals surface area (Å²) in [5, 5.41) is 2.23. The molecule has 0 unspecified atom stereocenters. The molecule has 10 rings (SSSR count). The van der Waals surface area contributed by atoms with Crippen molar-refractivity contribution in [3.8, 4) is 39.6 Å². The van der Waals surface area contributed by atoms with Gasteiger partial charge in [-0.15, -0.1) is 53.6 Å². The number of hydrogen-bond acceptors (Lipinski definition) is 4. The van der Waals surface area contributed by atoms with Crippen LogP contribution in [0.2, 0.25) is 0 Å². The third-order valence-corrected chi connectivity index (χ3v) is 12.2. The minimum Gasteiger partial charge on any atom is -0.509 e. The second kappa shape index (κ2) is 17.3. The van der Waals surface area contributed by atoms with Crippen molar-refractivity contribution >= 4 is 44.6 Å². The molecule has 9 aromatic rings. The van der Waals surface area contributed by atoms with Crippen molar-refractivity contribution in [2.75, 3.05) is 9.80 Å². The number of rotatable bonds is 9. The Bertz CT molecular complexity index is 3120. The van der Waals surface area contributed by atoms with E-state index in [1.807, 2.05) is 18.3 Å². The van der Waals surface area contributed by atoms with Crippen molar-refractivity contribution in [3.05, 3.63) is 199 Å². The molecule has 0 saturated heterocycles. The molecule has 0 N–H and O–H groups in total. The van der Waals surface area contributed by atoms with Crippen LogP contribution >= 0.6 is 0 Å². The summed E-state index contributed by atoms with van der Waals surface area (Å²) >= 11 is 0. The molecule has 0 amide bonds. The number of aromatic nitrogens is 2. The summed E-state index contributed by atoms with van der Waals surface area (Å²) < 4.78 is 9.04. The zero-order valence-corrected chi connectivity index (χ0v) is 39.6. The zero-order valence-electron chi connectivity index (χ0n) is 37.3. The summed E-state index contributed by atoms with van der Waals surface area (Å²) in [5.41, 5.74) is 14.7. The molecule has 0 spiro atoms. The van der Waals surface area contributed by atoms with Gasteiger partial charge in [0.05, 0.1) is 0 Å². The molecule has 0 fully saturated rings. The number of pyridine rings is 1. The SMILES string of the molecule is CC(C)c1cccc(C(C)C)c1-c1cccc(N2[CH-]N(c3[c-]c(Oc4[c-]c5c(cc4)c4ccccc4n5-c4cc(C(C)(C)C)ccn4)cc(-c4ccccc4)c3)c3ccccc32)c1.[Pt]. The molecular weight excluding hydrogens is 964 g/mol. The number of para-hydroxylation sites is 3. The van der Waals surface area contributed by atoms with Crippen molar-refractivity contribution in [2.45, 2.75) is 65.7 Å². The monoisotopic (exact) mass is 1010 g/mol. The van der Waals surface area contributed by atoms with Crippen LogP contribution in [0.4, 0.5) is 22.7 Å². The molecule has 0 aliphatic carbocycles. The molecule has 0 radical (unpaired) electrons. The van der Waals surface area contributed by atoms with Gasteiger partial charge in [-0.1, -0.05) is 145 Å². The van der Waals surface area contributed by atoms with Gasteiger partial charge < -0.3 is 19.1 Å². The van der Waals surface area contributed by atoms with Crippen LogP contribution in [-0.2, 0) is 26.5 Å². The van der Waals surface area contributed by atoms with Crippen LogP contribution < -0.4 is 14.5 Å². The van der Waals surface area contributed by atoms with Gasteiger partial charge in [-0.25, -0.2) is 4.98 Å². The minimum atomic E-state index is -0.0304. The molecule has 2 aromatic heterocycles. The summed E-state index contributed by atoms with van der Waals surface area (Å²) in [5.74, 6) is 2.83. The van der Waals surface area contributed by atoms with E-state index in [0.717, 1.165) is 61.5 Å². The van der Waals surface area contributed by atoms with E-state index in [9.17, 15) is 0 Å². The first-order valence-electron chi connectivity index (χ1n) is 22.0. The molecule has 3 heterocycles. The second-order valence-electron chi connectivity index (χ2n) is 18.2. The van der Waals surface area contributed by atoms with Crippen LogP contribution in [0.3, 0.4) is 0 Å². The number of nitrogens with zero attached hydrogens (tertiary/aromatic N) is 4. The fourth-order valence-electron chi connectivity index (χ4n) is 9.01. The Morgan fingerprint density at radius 1 is 0.578 bits per heavy atom. The Morgan fingerprint density at radius 2 is 1.25 bits per heavy atom. The van der Waals surface area contributed by atoms with Gasteiger partial charge in [-0.2, -0.15) is 6.07 Å².